The molecule has 3 unspecified atom stereocenters. The smallest absolute Gasteiger partial charge is 0.236 e. The van der Waals surface area contributed by atoms with Gasteiger partial charge in [0.1, 0.15) is 0 Å². The third kappa shape index (κ3) is 6.66. The van der Waals surface area contributed by atoms with Crippen LogP contribution in [0.1, 0.15) is 52.9 Å². The molecule has 1 fully saturated rings. The van der Waals surface area contributed by atoms with E-state index >= 15 is 0 Å². The summed E-state index contributed by atoms with van der Waals surface area (Å²) in [5.41, 5.74) is 0. The Morgan fingerprint density at radius 2 is 2.05 bits per heavy atom. The number of amides is 1. The number of thioether (sulfide) groups is 1. The van der Waals surface area contributed by atoms with E-state index in [4.69, 9.17) is 0 Å². The molecule has 0 spiro atoms. The molecule has 0 aromatic rings. The first kappa shape index (κ1) is 16.8. The van der Waals surface area contributed by atoms with Crippen LogP contribution in [0.25, 0.3) is 0 Å². The highest BCUT2D eigenvalue weighted by Crippen LogP contribution is 2.27. The van der Waals surface area contributed by atoms with Gasteiger partial charge in [0.2, 0.25) is 5.91 Å². The first-order valence-electron chi connectivity index (χ1n) is 7.59. The van der Waals surface area contributed by atoms with Gasteiger partial charge in [-0.2, -0.15) is 11.8 Å². The summed E-state index contributed by atoms with van der Waals surface area (Å²) in [5.74, 6) is 0.788. The molecule has 0 bridgehead atoms. The molecule has 0 aromatic heterocycles. The standard InChI is InChI=1S/C15H30N2OS/c1-11(2)8-9-16-15(18)12(3)17-13-6-5-7-14(10-13)19-4/h11-14,17H,5-10H2,1-4H3,(H,16,18). The summed E-state index contributed by atoms with van der Waals surface area (Å²) in [6.07, 6.45) is 8.26. The molecule has 0 aromatic carbocycles. The monoisotopic (exact) mass is 286 g/mol. The minimum absolute atomic E-state index is 0.0715. The normalized spacial score (nSPS) is 25.3. The summed E-state index contributed by atoms with van der Waals surface area (Å²) >= 11 is 1.96. The van der Waals surface area contributed by atoms with Gasteiger partial charge in [0.15, 0.2) is 0 Å². The molecule has 1 amide bonds. The van der Waals surface area contributed by atoms with Gasteiger partial charge < -0.3 is 10.6 Å². The van der Waals surface area contributed by atoms with E-state index in [0.717, 1.165) is 18.2 Å². The molecule has 3 nitrogen and oxygen atoms in total. The van der Waals surface area contributed by atoms with Crippen LogP contribution in [0.15, 0.2) is 0 Å². The third-order valence-corrected chi connectivity index (χ3v) is 4.95. The molecule has 3 atom stereocenters. The number of carbonyl (C=O) groups is 1. The van der Waals surface area contributed by atoms with E-state index in [-0.39, 0.29) is 11.9 Å². The molecule has 4 heteroatoms. The van der Waals surface area contributed by atoms with Gasteiger partial charge in [0, 0.05) is 17.8 Å². The second-order valence-electron chi connectivity index (χ2n) is 6.08. The second-order valence-corrected chi connectivity index (χ2v) is 7.22. The van der Waals surface area contributed by atoms with E-state index < -0.39 is 0 Å². The summed E-state index contributed by atoms with van der Waals surface area (Å²) < 4.78 is 0. The van der Waals surface area contributed by atoms with Crippen molar-refractivity contribution in [1.82, 2.24) is 10.6 Å². The lowest BCUT2D eigenvalue weighted by molar-refractivity contribution is -0.123. The van der Waals surface area contributed by atoms with Gasteiger partial charge in [-0.25, -0.2) is 0 Å². The van der Waals surface area contributed by atoms with Crippen LogP contribution in [0.4, 0.5) is 0 Å². The number of nitrogens with one attached hydrogen (secondary N) is 2. The van der Waals surface area contributed by atoms with E-state index in [1.165, 1.54) is 25.7 Å². The first-order valence-corrected chi connectivity index (χ1v) is 8.88. The molecule has 0 radical (unpaired) electrons. The summed E-state index contributed by atoms with van der Waals surface area (Å²) in [6, 6.07) is 0.440. The Bertz CT molecular complexity index is 271. The molecule has 0 aliphatic heterocycles. The summed E-state index contributed by atoms with van der Waals surface area (Å²) in [5, 5.41) is 7.28. The van der Waals surface area contributed by atoms with Gasteiger partial charge in [-0.05, 0) is 44.8 Å². The predicted molar refractivity (Wildman–Crippen MR) is 84.6 cm³/mol. The Balaban J connectivity index is 2.25. The fraction of sp³-hybridized carbons (Fsp3) is 0.933. The highest BCUT2D eigenvalue weighted by Gasteiger charge is 2.24. The number of carbonyl (C=O) groups excluding carboxylic acids is 1. The summed E-state index contributed by atoms with van der Waals surface area (Å²) in [6.45, 7) is 7.13. The van der Waals surface area contributed by atoms with Crippen LogP contribution in [0.3, 0.4) is 0 Å². The molecular formula is C15H30N2OS. The van der Waals surface area contributed by atoms with Crippen molar-refractivity contribution in [1.29, 1.82) is 0 Å². The Morgan fingerprint density at radius 1 is 1.32 bits per heavy atom. The zero-order chi connectivity index (χ0) is 14.3. The minimum atomic E-state index is -0.0715. The van der Waals surface area contributed by atoms with Gasteiger partial charge in [-0.3, -0.25) is 4.79 Å². The van der Waals surface area contributed by atoms with Crippen molar-refractivity contribution in [3.8, 4) is 0 Å². The van der Waals surface area contributed by atoms with Gasteiger partial charge in [0.05, 0.1) is 6.04 Å². The fourth-order valence-corrected chi connectivity index (χ4v) is 3.40. The first-order chi connectivity index (χ1) is 9.02. The Hall–Kier alpha value is -0.220. The average Bonchev–Trinajstić information content (AvgIpc) is 2.38. The van der Waals surface area contributed by atoms with E-state index in [0.29, 0.717) is 12.0 Å². The predicted octanol–water partition coefficient (Wildman–Crippen LogP) is 2.80. The van der Waals surface area contributed by atoms with Crippen LogP contribution >= 0.6 is 11.8 Å². The molecule has 0 heterocycles. The molecule has 1 aliphatic rings. The lowest BCUT2D eigenvalue weighted by Gasteiger charge is -2.30. The van der Waals surface area contributed by atoms with Crippen LogP contribution in [0, 0.1) is 5.92 Å². The molecule has 1 saturated carbocycles. The van der Waals surface area contributed by atoms with Crippen LogP contribution in [0.2, 0.25) is 0 Å². The topological polar surface area (TPSA) is 41.1 Å². The van der Waals surface area contributed by atoms with Gasteiger partial charge in [-0.15, -0.1) is 0 Å². The number of rotatable bonds is 7. The number of hydrogen-bond donors (Lipinski definition) is 2. The van der Waals surface area contributed by atoms with Gasteiger partial charge in [0.25, 0.3) is 0 Å². The lowest BCUT2D eigenvalue weighted by atomic mass is 9.94. The molecule has 19 heavy (non-hydrogen) atoms. The maximum absolute atomic E-state index is 12.0. The maximum atomic E-state index is 12.0. The largest absolute Gasteiger partial charge is 0.355 e. The SMILES string of the molecule is CSC1CCCC(NC(C)C(=O)NCCC(C)C)C1. The van der Waals surface area contributed by atoms with Crippen molar-refractivity contribution < 1.29 is 4.79 Å². The Kier molecular flexibility index (Phi) is 7.84. The average molecular weight is 286 g/mol. The molecular weight excluding hydrogens is 256 g/mol. The van der Waals surface area contributed by atoms with Crippen molar-refractivity contribution in [3.05, 3.63) is 0 Å². The van der Waals surface area contributed by atoms with E-state index in [1.807, 2.05) is 18.7 Å². The zero-order valence-electron chi connectivity index (χ0n) is 12.9. The molecule has 1 rings (SSSR count). The third-order valence-electron chi connectivity index (χ3n) is 3.86. The number of hydrogen-bond acceptors (Lipinski definition) is 3. The van der Waals surface area contributed by atoms with E-state index in [1.54, 1.807) is 0 Å². The summed E-state index contributed by atoms with van der Waals surface area (Å²) in [7, 11) is 0. The van der Waals surface area contributed by atoms with Gasteiger partial charge in [-0.1, -0.05) is 20.3 Å². The second kappa shape index (κ2) is 8.85. The van der Waals surface area contributed by atoms with Crippen LogP contribution in [0.5, 0.6) is 0 Å². The highest BCUT2D eigenvalue weighted by molar-refractivity contribution is 7.99. The van der Waals surface area contributed by atoms with Crippen LogP contribution in [-0.4, -0.2) is 36.0 Å². The van der Waals surface area contributed by atoms with Crippen molar-refractivity contribution in [2.75, 3.05) is 12.8 Å². The fourth-order valence-electron chi connectivity index (χ4n) is 2.58. The lowest BCUT2D eigenvalue weighted by Crippen LogP contribution is -2.48. The maximum Gasteiger partial charge on any atom is 0.236 e. The summed E-state index contributed by atoms with van der Waals surface area (Å²) in [4.78, 5) is 12.0. The Morgan fingerprint density at radius 3 is 2.68 bits per heavy atom. The molecule has 112 valence electrons. The van der Waals surface area contributed by atoms with Crippen molar-refractivity contribution in [2.45, 2.75) is 70.2 Å². The Labute approximate surface area is 122 Å². The van der Waals surface area contributed by atoms with Crippen molar-refractivity contribution in [2.24, 2.45) is 5.92 Å². The molecule has 0 saturated heterocycles. The van der Waals surface area contributed by atoms with Crippen molar-refractivity contribution >= 4 is 17.7 Å². The van der Waals surface area contributed by atoms with Crippen molar-refractivity contribution in [3.63, 3.8) is 0 Å². The highest BCUT2D eigenvalue weighted by atomic mass is 32.2. The van der Waals surface area contributed by atoms with Gasteiger partial charge >= 0.3 is 0 Å². The van der Waals surface area contributed by atoms with E-state index in [9.17, 15) is 4.79 Å². The van der Waals surface area contributed by atoms with E-state index in [2.05, 4.69) is 30.7 Å². The quantitative estimate of drug-likeness (QED) is 0.756. The zero-order valence-corrected chi connectivity index (χ0v) is 13.7. The van der Waals surface area contributed by atoms with Crippen LogP contribution < -0.4 is 10.6 Å². The molecule has 1 aliphatic carbocycles. The molecule has 2 N–H and O–H groups in total. The minimum Gasteiger partial charge on any atom is -0.355 e. The van der Waals surface area contributed by atoms with Crippen LogP contribution in [-0.2, 0) is 4.79 Å².